The molecule has 1 saturated heterocycles. The third kappa shape index (κ3) is 5.24. The SMILES string of the molecule is CC(=O)N(CC(=O)O)C1CCCN(C(=O)c2cnc(C)nc2C(C)C)CC1. The van der Waals surface area contributed by atoms with Crippen molar-refractivity contribution >= 4 is 17.8 Å². The first kappa shape index (κ1) is 20.8. The Bertz CT molecular complexity index is 720. The molecule has 2 heterocycles. The Kier molecular flexibility index (Phi) is 6.87. The largest absolute Gasteiger partial charge is 0.480 e. The first-order valence-corrected chi connectivity index (χ1v) is 9.32. The van der Waals surface area contributed by atoms with Crippen molar-refractivity contribution in [1.82, 2.24) is 19.8 Å². The summed E-state index contributed by atoms with van der Waals surface area (Å²) in [5.74, 6) is -0.643. The number of aliphatic carboxylic acids is 1. The summed E-state index contributed by atoms with van der Waals surface area (Å²) in [6.45, 7) is 7.90. The van der Waals surface area contributed by atoms with Crippen LogP contribution in [0.25, 0.3) is 0 Å². The van der Waals surface area contributed by atoms with Crippen LogP contribution in [-0.4, -0.2) is 68.3 Å². The monoisotopic (exact) mass is 376 g/mol. The highest BCUT2D eigenvalue weighted by molar-refractivity contribution is 5.95. The molecule has 0 spiro atoms. The van der Waals surface area contributed by atoms with Gasteiger partial charge in [-0.2, -0.15) is 0 Å². The predicted octanol–water partition coefficient (Wildman–Crippen LogP) is 1.84. The van der Waals surface area contributed by atoms with Gasteiger partial charge in [0.2, 0.25) is 5.91 Å². The minimum atomic E-state index is -1.03. The van der Waals surface area contributed by atoms with E-state index < -0.39 is 5.97 Å². The van der Waals surface area contributed by atoms with Crippen LogP contribution < -0.4 is 0 Å². The van der Waals surface area contributed by atoms with Crippen LogP contribution in [0, 0.1) is 6.92 Å². The number of hydrogen-bond donors (Lipinski definition) is 1. The first-order valence-electron chi connectivity index (χ1n) is 9.32. The number of carboxylic acid groups (broad SMARTS) is 1. The highest BCUT2D eigenvalue weighted by Gasteiger charge is 2.29. The Morgan fingerprint density at radius 2 is 2.00 bits per heavy atom. The molecule has 2 amide bonds. The Hall–Kier alpha value is -2.51. The molecule has 1 fully saturated rings. The van der Waals surface area contributed by atoms with Crippen LogP contribution in [0.5, 0.6) is 0 Å². The van der Waals surface area contributed by atoms with Crippen molar-refractivity contribution < 1.29 is 19.5 Å². The highest BCUT2D eigenvalue weighted by Crippen LogP contribution is 2.22. The summed E-state index contributed by atoms with van der Waals surface area (Å²) in [6, 6.07) is -0.171. The van der Waals surface area contributed by atoms with Crippen LogP contribution in [0.15, 0.2) is 6.20 Å². The molecule has 8 nitrogen and oxygen atoms in total. The summed E-state index contributed by atoms with van der Waals surface area (Å²) in [7, 11) is 0. The fourth-order valence-corrected chi connectivity index (χ4v) is 3.50. The van der Waals surface area contributed by atoms with Gasteiger partial charge in [0.1, 0.15) is 12.4 Å². The summed E-state index contributed by atoms with van der Waals surface area (Å²) in [4.78, 5) is 47.7. The standard InChI is InChI=1S/C19H28N4O4/c1-12(2)18-16(10-20-13(3)21-18)19(27)22-8-5-6-15(7-9-22)23(14(4)24)11-17(25)26/h10,12,15H,5-9,11H2,1-4H3,(H,25,26). The molecule has 0 bridgehead atoms. The van der Waals surface area contributed by atoms with Gasteiger partial charge in [-0.25, -0.2) is 9.97 Å². The molecule has 1 aromatic rings. The smallest absolute Gasteiger partial charge is 0.323 e. The molecule has 0 saturated carbocycles. The van der Waals surface area contributed by atoms with E-state index in [1.165, 1.54) is 11.8 Å². The molecule has 0 aromatic carbocycles. The van der Waals surface area contributed by atoms with Crippen LogP contribution in [0.2, 0.25) is 0 Å². The normalized spacial score (nSPS) is 17.5. The molecule has 1 aliphatic heterocycles. The zero-order chi connectivity index (χ0) is 20.1. The van der Waals surface area contributed by atoms with E-state index in [-0.39, 0.29) is 30.3 Å². The number of aryl methyl sites for hydroxylation is 1. The molecule has 0 aliphatic carbocycles. The van der Waals surface area contributed by atoms with Crippen molar-refractivity contribution in [3.8, 4) is 0 Å². The van der Waals surface area contributed by atoms with Crippen molar-refractivity contribution in [1.29, 1.82) is 0 Å². The summed E-state index contributed by atoms with van der Waals surface area (Å²) in [5.41, 5.74) is 1.26. The van der Waals surface area contributed by atoms with Gasteiger partial charge < -0.3 is 14.9 Å². The number of aromatic nitrogens is 2. The molecule has 27 heavy (non-hydrogen) atoms. The minimum Gasteiger partial charge on any atom is -0.480 e. The third-order valence-electron chi connectivity index (χ3n) is 4.85. The van der Waals surface area contributed by atoms with Gasteiger partial charge in [-0.05, 0) is 32.1 Å². The number of nitrogens with zero attached hydrogens (tertiary/aromatic N) is 4. The Labute approximate surface area is 159 Å². The van der Waals surface area contributed by atoms with Crippen LogP contribution in [0.3, 0.4) is 0 Å². The second-order valence-corrected chi connectivity index (χ2v) is 7.29. The fraction of sp³-hybridized carbons (Fsp3) is 0.632. The van der Waals surface area contributed by atoms with Crippen LogP contribution in [-0.2, 0) is 9.59 Å². The van der Waals surface area contributed by atoms with Gasteiger partial charge in [0, 0.05) is 32.3 Å². The van der Waals surface area contributed by atoms with Gasteiger partial charge in [0.05, 0.1) is 11.3 Å². The molecule has 0 radical (unpaired) electrons. The van der Waals surface area contributed by atoms with Gasteiger partial charge in [-0.15, -0.1) is 0 Å². The zero-order valence-electron chi connectivity index (χ0n) is 16.4. The van der Waals surface area contributed by atoms with Crippen LogP contribution >= 0.6 is 0 Å². The van der Waals surface area contributed by atoms with Crippen molar-refractivity contribution in [3.05, 3.63) is 23.3 Å². The predicted molar refractivity (Wildman–Crippen MR) is 99.4 cm³/mol. The number of carbonyl (C=O) groups is 3. The van der Waals surface area contributed by atoms with Gasteiger partial charge in [-0.3, -0.25) is 14.4 Å². The number of hydrogen-bond acceptors (Lipinski definition) is 5. The van der Waals surface area contributed by atoms with Gasteiger partial charge >= 0.3 is 5.97 Å². The maximum Gasteiger partial charge on any atom is 0.323 e. The quantitative estimate of drug-likeness (QED) is 0.841. The van der Waals surface area contributed by atoms with E-state index in [1.54, 1.807) is 18.0 Å². The zero-order valence-corrected chi connectivity index (χ0v) is 16.4. The van der Waals surface area contributed by atoms with E-state index >= 15 is 0 Å². The van der Waals surface area contributed by atoms with Crippen molar-refractivity contribution in [3.63, 3.8) is 0 Å². The summed E-state index contributed by atoms with van der Waals surface area (Å²) in [6.07, 6.45) is 3.54. The number of carbonyl (C=O) groups excluding carboxylic acids is 2. The van der Waals surface area contributed by atoms with E-state index in [0.717, 1.165) is 5.69 Å². The first-order chi connectivity index (χ1) is 12.7. The van der Waals surface area contributed by atoms with E-state index in [9.17, 15) is 14.4 Å². The van der Waals surface area contributed by atoms with Gasteiger partial charge in [0.15, 0.2) is 0 Å². The van der Waals surface area contributed by atoms with Crippen molar-refractivity contribution in [2.45, 2.75) is 58.9 Å². The molecule has 2 rings (SSSR count). The minimum absolute atomic E-state index is 0.105. The number of likely N-dealkylation sites (tertiary alicyclic amines) is 1. The molecular weight excluding hydrogens is 348 g/mol. The highest BCUT2D eigenvalue weighted by atomic mass is 16.4. The molecular formula is C19H28N4O4. The Balaban J connectivity index is 2.15. The lowest BCUT2D eigenvalue weighted by Gasteiger charge is -2.29. The summed E-state index contributed by atoms with van der Waals surface area (Å²) >= 11 is 0. The molecule has 8 heteroatoms. The maximum atomic E-state index is 13.0. The Morgan fingerprint density at radius 1 is 1.30 bits per heavy atom. The van der Waals surface area contributed by atoms with E-state index in [0.29, 0.717) is 43.7 Å². The topological polar surface area (TPSA) is 104 Å². The van der Waals surface area contributed by atoms with Crippen LogP contribution in [0.1, 0.15) is 67.8 Å². The average Bonchev–Trinajstić information content (AvgIpc) is 2.84. The fourth-order valence-electron chi connectivity index (χ4n) is 3.50. The lowest BCUT2D eigenvalue weighted by Crippen LogP contribution is -2.43. The summed E-state index contributed by atoms with van der Waals surface area (Å²) < 4.78 is 0. The van der Waals surface area contributed by atoms with Crippen molar-refractivity contribution in [2.24, 2.45) is 0 Å². The lowest BCUT2D eigenvalue weighted by atomic mass is 10.0. The second kappa shape index (κ2) is 8.92. The molecule has 1 N–H and O–H groups in total. The number of rotatable bonds is 5. The van der Waals surface area contributed by atoms with Crippen molar-refractivity contribution in [2.75, 3.05) is 19.6 Å². The van der Waals surface area contributed by atoms with E-state index in [4.69, 9.17) is 5.11 Å². The van der Waals surface area contributed by atoms with Crippen LogP contribution in [0.4, 0.5) is 0 Å². The van der Waals surface area contributed by atoms with E-state index in [2.05, 4.69) is 9.97 Å². The molecule has 1 aromatic heterocycles. The Morgan fingerprint density at radius 3 is 2.59 bits per heavy atom. The molecule has 1 unspecified atom stereocenters. The summed E-state index contributed by atoms with van der Waals surface area (Å²) in [5, 5.41) is 9.06. The molecule has 1 atom stereocenters. The molecule has 1 aliphatic rings. The van der Waals surface area contributed by atoms with Gasteiger partial charge in [-0.1, -0.05) is 13.8 Å². The lowest BCUT2D eigenvalue weighted by molar-refractivity contribution is -0.145. The third-order valence-corrected chi connectivity index (χ3v) is 4.85. The number of amides is 2. The maximum absolute atomic E-state index is 13.0. The average molecular weight is 376 g/mol. The second-order valence-electron chi connectivity index (χ2n) is 7.29. The number of carboxylic acids is 1. The molecule has 148 valence electrons. The van der Waals surface area contributed by atoms with Gasteiger partial charge in [0.25, 0.3) is 5.91 Å². The van der Waals surface area contributed by atoms with E-state index in [1.807, 2.05) is 13.8 Å².